The van der Waals surface area contributed by atoms with Crippen molar-refractivity contribution in [1.29, 1.82) is 0 Å². The molecule has 0 aliphatic rings. The van der Waals surface area contributed by atoms with Gasteiger partial charge in [0.1, 0.15) is 12.3 Å². The summed E-state index contributed by atoms with van der Waals surface area (Å²) in [5, 5.41) is 2.46. The van der Waals surface area contributed by atoms with Gasteiger partial charge < -0.3 is 9.47 Å². The Morgan fingerprint density at radius 2 is 1.79 bits per heavy atom. The van der Waals surface area contributed by atoms with E-state index in [9.17, 15) is 9.59 Å². The first-order chi connectivity index (χ1) is 14.2. The molecule has 0 atom stereocenters. The molecule has 2 aromatic carbocycles. The van der Waals surface area contributed by atoms with Crippen LogP contribution in [0.3, 0.4) is 0 Å². The van der Waals surface area contributed by atoms with Crippen molar-refractivity contribution in [2.24, 2.45) is 0 Å². The van der Waals surface area contributed by atoms with E-state index in [0.29, 0.717) is 5.56 Å². The molecule has 0 radical (unpaired) electrons. The van der Waals surface area contributed by atoms with Gasteiger partial charge in [-0.15, -0.1) is 0 Å². The highest BCUT2D eigenvalue weighted by Crippen LogP contribution is 2.19. The highest BCUT2D eigenvalue weighted by Gasteiger charge is 2.15. The quantitative estimate of drug-likeness (QED) is 0.506. The minimum absolute atomic E-state index is 0.0243. The smallest absolute Gasteiger partial charge is 0.412 e. The van der Waals surface area contributed by atoms with Crippen molar-refractivity contribution >= 4 is 18.1 Å². The van der Waals surface area contributed by atoms with Crippen LogP contribution in [-0.4, -0.2) is 24.2 Å². The van der Waals surface area contributed by atoms with E-state index in [2.05, 4.69) is 10.3 Å². The van der Waals surface area contributed by atoms with Crippen LogP contribution in [-0.2, 0) is 20.9 Å². The number of rotatable bonds is 6. The van der Waals surface area contributed by atoms with Crippen LogP contribution < -0.4 is 5.32 Å². The van der Waals surface area contributed by atoms with Crippen LogP contribution in [0.4, 0.5) is 4.79 Å². The summed E-state index contributed by atoms with van der Waals surface area (Å²) in [5.74, 6) is -0.676. The molecule has 146 valence electrons. The standard InChI is InChI=1S/C23H20N2O4/c1-28-22(26)21(25-23(27)29-16-17-8-3-2-4-9-17)15-18-10-7-11-19(14-18)20-12-5-6-13-24-20/h2-15H,16H2,1H3,(H,25,27)/b21-15+. The zero-order valence-corrected chi connectivity index (χ0v) is 15.9. The Hall–Kier alpha value is -3.93. The summed E-state index contributed by atoms with van der Waals surface area (Å²) in [6.07, 6.45) is 2.50. The minimum atomic E-state index is -0.744. The van der Waals surface area contributed by atoms with Gasteiger partial charge >= 0.3 is 12.1 Å². The molecule has 6 heteroatoms. The first-order valence-corrected chi connectivity index (χ1v) is 8.95. The second kappa shape index (κ2) is 9.85. The molecule has 1 heterocycles. The Balaban J connectivity index is 1.75. The van der Waals surface area contributed by atoms with Crippen LogP contribution in [0.25, 0.3) is 17.3 Å². The second-order valence-corrected chi connectivity index (χ2v) is 6.08. The van der Waals surface area contributed by atoms with Gasteiger partial charge in [-0.25, -0.2) is 9.59 Å². The Bertz CT molecular complexity index is 1000. The van der Waals surface area contributed by atoms with Crippen molar-refractivity contribution in [2.45, 2.75) is 6.61 Å². The van der Waals surface area contributed by atoms with Gasteiger partial charge in [-0.05, 0) is 35.4 Å². The van der Waals surface area contributed by atoms with Gasteiger partial charge in [0.05, 0.1) is 12.8 Å². The number of benzene rings is 2. The van der Waals surface area contributed by atoms with Crippen LogP contribution in [0.15, 0.2) is 84.7 Å². The molecule has 0 unspecified atom stereocenters. The molecule has 29 heavy (non-hydrogen) atoms. The number of ether oxygens (including phenoxy) is 2. The van der Waals surface area contributed by atoms with Gasteiger partial charge in [-0.3, -0.25) is 10.3 Å². The van der Waals surface area contributed by atoms with Gasteiger partial charge in [0.2, 0.25) is 0 Å². The number of methoxy groups -OCH3 is 1. The topological polar surface area (TPSA) is 77.5 Å². The summed E-state index contributed by atoms with van der Waals surface area (Å²) < 4.78 is 9.95. The fraction of sp³-hybridized carbons (Fsp3) is 0.0870. The molecule has 0 aliphatic heterocycles. The number of nitrogens with zero attached hydrogens (tertiary/aromatic N) is 1. The molecule has 0 fully saturated rings. The number of esters is 1. The molecule has 3 rings (SSSR count). The lowest BCUT2D eigenvalue weighted by Crippen LogP contribution is -2.28. The molecule has 1 N–H and O–H groups in total. The molecule has 0 aliphatic carbocycles. The summed E-state index contributed by atoms with van der Waals surface area (Å²) in [6.45, 7) is 0.0935. The monoisotopic (exact) mass is 388 g/mol. The lowest BCUT2D eigenvalue weighted by molar-refractivity contribution is -0.136. The maximum absolute atomic E-state index is 12.1. The van der Waals surface area contributed by atoms with Gasteiger partial charge in [-0.1, -0.05) is 54.6 Å². The fourth-order valence-corrected chi connectivity index (χ4v) is 2.61. The fourth-order valence-electron chi connectivity index (χ4n) is 2.61. The highest BCUT2D eigenvalue weighted by molar-refractivity contribution is 5.96. The normalized spacial score (nSPS) is 10.9. The molecule has 0 spiro atoms. The third-order valence-corrected chi connectivity index (χ3v) is 4.01. The number of nitrogens with one attached hydrogen (secondary N) is 1. The van der Waals surface area contributed by atoms with Crippen molar-refractivity contribution < 1.29 is 19.1 Å². The number of alkyl carbamates (subject to hydrolysis) is 1. The van der Waals surface area contributed by atoms with Crippen molar-refractivity contribution in [3.05, 3.63) is 95.8 Å². The van der Waals surface area contributed by atoms with E-state index in [1.807, 2.05) is 72.8 Å². The van der Waals surface area contributed by atoms with Gasteiger partial charge in [0.15, 0.2) is 0 Å². The Kier molecular flexibility index (Phi) is 6.73. The number of carbonyl (C=O) groups excluding carboxylic acids is 2. The largest absolute Gasteiger partial charge is 0.464 e. The van der Waals surface area contributed by atoms with Crippen LogP contribution in [0.2, 0.25) is 0 Å². The van der Waals surface area contributed by atoms with Gasteiger partial charge in [-0.2, -0.15) is 0 Å². The predicted octanol–water partition coefficient (Wildman–Crippen LogP) is 4.19. The molecule has 0 saturated heterocycles. The number of amides is 1. The van der Waals surface area contributed by atoms with Crippen molar-refractivity contribution in [2.75, 3.05) is 7.11 Å². The average Bonchev–Trinajstić information content (AvgIpc) is 2.78. The van der Waals surface area contributed by atoms with Crippen LogP contribution in [0.5, 0.6) is 0 Å². The van der Waals surface area contributed by atoms with E-state index < -0.39 is 12.1 Å². The number of hydrogen-bond donors (Lipinski definition) is 1. The summed E-state index contributed by atoms with van der Waals surface area (Å²) in [5.41, 5.74) is 3.21. The third kappa shape index (κ3) is 5.77. The first kappa shape index (κ1) is 19.8. The number of carbonyl (C=O) groups is 2. The molecular formula is C23H20N2O4. The molecule has 0 bridgehead atoms. The maximum atomic E-state index is 12.1. The van der Waals surface area contributed by atoms with E-state index in [0.717, 1.165) is 16.8 Å². The maximum Gasteiger partial charge on any atom is 0.412 e. The van der Waals surface area contributed by atoms with E-state index in [1.165, 1.54) is 13.2 Å². The third-order valence-electron chi connectivity index (χ3n) is 4.01. The van der Waals surface area contributed by atoms with Crippen molar-refractivity contribution in [1.82, 2.24) is 10.3 Å². The molecule has 0 saturated carbocycles. The van der Waals surface area contributed by atoms with E-state index in [4.69, 9.17) is 9.47 Å². The van der Waals surface area contributed by atoms with Gasteiger partial charge in [0, 0.05) is 11.8 Å². The van der Waals surface area contributed by atoms with Gasteiger partial charge in [0.25, 0.3) is 0 Å². The Morgan fingerprint density at radius 1 is 1.00 bits per heavy atom. The molecule has 1 aromatic heterocycles. The zero-order chi connectivity index (χ0) is 20.5. The summed E-state index contributed by atoms with van der Waals surface area (Å²) >= 11 is 0. The lowest BCUT2D eigenvalue weighted by Gasteiger charge is -2.10. The minimum Gasteiger partial charge on any atom is -0.464 e. The summed E-state index contributed by atoms with van der Waals surface area (Å²) in [7, 11) is 1.25. The molecule has 6 nitrogen and oxygen atoms in total. The second-order valence-electron chi connectivity index (χ2n) is 6.08. The van der Waals surface area contributed by atoms with E-state index in [-0.39, 0.29) is 12.3 Å². The van der Waals surface area contributed by atoms with Crippen molar-refractivity contribution in [3.63, 3.8) is 0 Å². The summed E-state index contributed by atoms with van der Waals surface area (Å²) in [4.78, 5) is 28.6. The zero-order valence-electron chi connectivity index (χ0n) is 15.9. The Labute approximate surface area is 168 Å². The number of hydrogen-bond acceptors (Lipinski definition) is 5. The SMILES string of the molecule is COC(=O)/C(=C\c1cccc(-c2ccccn2)c1)NC(=O)OCc1ccccc1. The lowest BCUT2D eigenvalue weighted by atomic mass is 10.1. The average molecular weight is 388 g/mol. The molecule has 1 amide bonds. The Morgan fingerprint density at radius 3 is 2.52 bits per heavy atom. The van der Waals surface area contributed by atoms with Crippen molar-refractivity contribution in [3.8, 4) is 11.3 Å². The highest BCUT2D eigenvalue weighted by atomic mass is 16.6. The predicted molar refractivity (Wildman–Crippen MR) is 109 cm³/mol. The van der Waals surface area contributed by atoms with Crippen LogP contribution in [0, 0.1) is 0 Å². The van der Waals surface area contributed by atoms with E-state index in [1.54, 1.807) is 6.20 Å². The number of aromatic nitrogens is 1. The number of pyridine rings is 1. The van der Waals surface area contributed by atoms with E-state index >= 15 is 0 Å². The first-order valence-electron chi connectivity index (χ1n) is 8.95. The van der Waals surface area contributed by atoms with Crippen LogP contribution in [0.1, 0.15) is 11.1 Å². The van der Waals surface area contributed by atoms with Crippen LogP contribution >= 0.6 is 0 Å². The molecule has 3 aromatic rings. The molecular weight excluding hydrogens is 368 g/mol. The summed E-state index contributed by atoms with van der Waals surface area (Å²) in [6, 6.07) is 22.3.